The predicted molar refractivity (Wildman–Crippen MR) is 101 cm³/mol. The van der Waals surface area contributed by atoms with Gasteiger partial charge in [0.15, 0.2) is 11.5 Å². The van der Waals surface area contributed by atoms with Crippen LogP contribution in [-0.4, -0.2) is 50.8 Å². The standard InChI is InChI=1S/C18H23N7O/c1-4-5-9-20-15(26)12-24(2)17-14-11-21-25(3)18(14)23-16(22-17)13-7-6-8-19-10-13/h6-8,10-11H,4-5,9,12H2,1-3H3,(H,20,26). The van der Waals surface area contributed by atoms with Crippen LogP contribution in [0.4, 0.5) is 5.82 Å². The molecule has 0 saturated heterocycles. The number of likely N-dealkylation sites (N-methyl/N-ethyl adjacent to an activating group) is 1. The van der Waals surface area contributed by atoms with Crippen molar-refractivity contribution in [2.75, 3.05) is 25.0 Å². The van der Waals surface area contributed by atoms with Crippen molar-refractivity contribution in [1.82, 2.24) is 30.0 Å². The minimum Gasteiger partial charge on any atom is -0.355 e. The molecule has 1 N–H and O–H groups in total. The second kappa shape index (κ2) is 7.90. The number of nitrogens with one attached hydrogen (secondary N) is 1. The molecule has 3 aromatic rings. The lowest BCUT2D eigenvalue weighted by molar-refractivity contribution is -0.119. The van der Waals surface area contributed by atoms with Crippen molar-refractivity contribution >= 4 is 22.8 Å². The number of aryl methyl sites for hydroxylation is 1. The Morgan fingerprint density at radius 3 is 2.88 bits per heavy atom. The van der Waals surface area contributed by atoms with Gasteiger partial charge in [-0.05, 0) is 18.6 Å². The van der Waals surface area contributed by atoms with E-state index in [2.05, 4.69) is 32.3 Å². The molecule has 8 nitrogen and oxygen atoms in total. The van der Waals surface area contributed by atoms with Gasteiger partial charge >= 0.3 is 0 Å². The summed E-state index contributed by atoms with van der Waals surface area (Å²) in [6.07, 6.45) is 7.18. The van der Waals surface area contributed by atoms with Crippen molar-refractivity contribution in [3.8, 4) is 11.4 Å². The van der Waals surface area contributed by atoms with Gasteiger partial charge in [-0.3, -0.25) is 14.5 Å². The summed E-state index contributed by atoms with van der Waals surface area (Å²) in [5, 5.41) is 8.02. The van der Waals surface area contributed by atoms with E-state index in [1.54, 1.807) is 23.3 Å². The van der Waals surface area contributed by atoms with E-state index in [1.807, 2.05) is 31.1 Å². The first-order valence-electron chi connectivity index (χ1n) is 8.68. The molecule has 0 unspecified atom stereocenters. The van der Waals surface area contributed by atoms with Gasteiger partial charge in [0.2, 0.25) is 5.91 Å². The summed E-state index contributed by atoms with van der Waals surface area (Å²) in [7, 11) is 3.69. The molecule has 3 aromatic heterocycles. The van der Waals surface area contributed by atoms with E-state index in [0.29, 0.717) is 23.8 Å². The number of carbonyl (C=O) groups is 1. The number of hydrogen-bond donors (Lipinski definition) is 1. The Labute approximate surface area is 152 Å². The number of nitrogens with zero attached hydrogens (tertiary/aromatic N) is 6. The van der Waals surface area contributed by atoms with Crippen molar-refractivity contribution in [3.63, 3.8) is 0 Å². The molecule has 0 saturated carbocycles. The van der Waals surface area contributed by atoms with E-state index in [1.165, 1.54) is 0 Å². The van der Waals surface area contributed by atoms with Gasteiger partial charge < -0.3 is 10.2 Å². The lowest BCUT2D eigenvalue weighted by atomic mass is 10.2. The lowest BCUT2D eigenvalue weighted by Crippen LogP contribution is -2.36. The molecule has 0 atom stereocenters. The Bertz CT molecular complexity index is 891. The van der Waals surface area contributed by atoms with Crippen LogP contribution in [0.15, 0.2) is 30.7 Å². The molecule has 26 heavy (non-hydrogen) atoms. The molecule has 0 aliphatic heterocycles. The fraction of sp³-hybridized carbons (Fsp3) is 0.389. The summed E-state index contributed by atoms with van der Waals surface area (Å²) in [6, 6.07) is 3.75. The van der Waals surface area contributed by atoms with Gasteiger partial charge in [-0.1, -0.05) is 13.3 Å². The first kappa shape index (κ1) is 17.8. The summed E-state index contributed by atoms with van der Waals surface area (Å²) >= 11 is 0. The molecule has 3 rings (SSSR count). The highest BCUT2D eigenvalue weighted by molar-refractivity contribution is 5.91. The first-order chi connectivity index (χ1) is 12.6. The predicted octanol–water partition coefficient (Wildman–Crippen LogP) is 1.78. The maximum absolute atomic E-state index is 12.2. The van der Waals surface area contributed by atoms with E-state index in [0.717, 1.165) is 23.8 Å². The molecular formula is C18H23N7O. The molecule has 0 spiro atoms. The number of carbonyl (C=O) groups excluding carboxylic acids is 1. The number of rotatable bonds is 7. The fourth-order valence-corrected chi connectivity index (χ4v) is 2.67. The highest BCUT2D eigenvalue weighted by atomic mass is 16.2. The minimum atomic E-state index is -0.0282. The summed E-state index contributed by atoms with van der Waals surface area (Å²) in [6.45, 7) is 3.01. The third-order valence-corrected chi connectivity index (χ3v) is 4.09. The van der Waals surface area contributed by atoms with Crippen molar-refractivity contribution < 1.29 is 4.79 Å². The smallest absolute Gasteiger partial charge is 0.239 e. The Balaban J connectivity index is 1.92. The van der Waals surface area contributed by atoms with E-state index in [4.69, 9.17) is 0 Å². The number of hydrogen-bond acceptors (Lipinski definition) is 6. The zero-order valence-electron chi connectivity index (χ0n) is 15.3. The molecule has 0 fully saturated rings. The Morgan fingerprint density at radius 2 is 2.15 bits per heavy atom. The molecule has 3 heterocycles. The van der Waals surface area contributed by atoms with Gasteiger partial charge in [-0.25, -0.2) is 9.97 Å². The number of aromatic nitrogens is 5. The zero-order valence-corrected chi connectivity index (χ0v) is 15.3. The Kier molecular flexibility index (Phi) is 5.40. The zero-order chi connectivity index (χ0) is 18.5. The minimum absolute atomic E-state index is 0.0282. The topological polar surface area (TPSA) is 88.8 Å². The van der Waals surface area contributed by atoms with Crippen molar-refractivity contribution in [2.24, 2.45) is 7.05 Å². The summed E-state index contributed by atoms with van der Waals surface area (Å²) in [4.78, 5) is 27.4. The molecule has 0 radical (unpaired) electrons. The quantitative estimate of drug-likeness (QED) is 0.651. The van der Waals surface area contributed by atoms with Gasteiger partial charge in [0, 0.05) is 38.6 Å². The van der Waals surface area contributed by atoms with E-state index in [-0.39, 0.29) is 12.5 Å². The summed E-state index contributed by atoms with van der Waals surface area (Å²) < 4.78 is 1.70. The van der Waals surface area contributed by atoms with Gasteiger partial charge in [0.25, 0.3) is 0 Å². The molecule has 1 amide bonds. The van der Waals surface area contributed by atoms with Gasteiger partial charge in [-0.2, -0.15) is 5.10 Å². The van der Waals surface area contributed by atoms with Gasteiger partial charge in [-0.15, -0.1) is 0 Å². The number of unbranched alkanes of at least 4 members (excludes halogenated alkanes) is 1. The molecular weight excluding hydrogens is 330 g/mol. The largest absolute Gasteiger partial charge is 0.355 e. The van der Waals surface area contributed by atoms with Crippen LogP contribution >= 0.6 is 0 Å². The molecule has 0 aliphatic rings. The third kappa shape index (κ3) is 3.79. The SMILES string of the molecule is CCCCNC(=O)CN(C)c1nc(-c2cccnc2)nc2c1cnn2C. The maximum Gasteiger partial charge on any atom is 0.239 e. The van der Waals surface area contributed by atoms with Crippen LogP contribution < -0.4 is 10.2 Å². The van der Waals surface area contributed by atoms with Crippen molar-refractivity contribution in [1.29, 1.82) is 0 Å². The van der Waals surface area contributed by atoms with Crippen LogP contribution in [0, 0.1) is 0 Å². The highest BCUT2D eigenvalue weighted by Gasteiger charge is 2.17. The second-order valence-electron chi connectivity index (χ2n) is 6.18. The van der Waals surface area contributed by atoms with E-state index >= 15 is 0 Å². The maximum atomic E-state index is 12.2. The van der Waals surface area contributed by atoms with Gasteiger partial charge in [0.1, 0.15) is 5.82 Å². The van der Waals surface area contributed by atoms with Crippen LogP contribution in [0.2, 0.25) is 0 Å². The van der Waals surface area contributed by atoms with Crippen LogP contribution in [0.1, 0.15) is 19.8 Å². The van der Waals surface area contributed by atoms with Crippen LogP contribution in [-0.2, 0) is 11.8 Å². The fourth-order valence-electron chi connectivity index (χ4n) is 2.67. The van der Waals surface area contributed by atoms with Crippen molar-refractivity contribution in [3.05, 3.63) is 30.7 Å². The molecule has 136 valence electrons. The number of amides is 1. The van der Waals surface area contributed by atoms with Crippen LogP contribution in [0.25, 0.3) is 22.4 Å². The van der Waals surface area contributed by atoms with Crippen LogP contribution in [0.3, 0.4) is 0 Å². The average Bonchev–Trinajstić information content (AvgIpc) is 3.03. The van der Waals surface area contributed by atoms with Crippen LogP contribution in [0.5, 0.6) is 0 Å². The number of pyridine rings is 1. The summed E-state index contributed by atoms with van der Waals surface area (Å²) in [5.74, 6) is 1.20. The van der Waals surface area contributed by atoms with E-state index < -0.39 is 0 Å². The van der Waals surface area contributed by atoms with E-state index in [9.17, 15) is 4.79 Å². The number of fused-ring (bicyclic) bond motifs is 1. The first-order valence-corrected chi connectivity index (χ1v) is 8.68. The highest BCUT2D eigenvalue weighted by Crippen LogP contribution is 2.26. The molecule has 0 bridgehead atoms. The normalized spacial score (nSPS) is 10.9. The third-order valence-electron chi connectivity index (χ3n) is 4.09. The molecule has 8 heteroatoms. The molecule has 0 aromatic carbocycles. The monoisotopic (exact) mass is 353 g/mol. The second-order valence-corrected chi connectivity index (χ2v) is 6.18. The Hall–Kier alpha value is -3.03. The number of anilines is 1. The van der Waals surface area contributed by atoms with Crippen molar-refractivity contribution in [2.45, 2.75) is 19.8 Å². The summed E-state index contributed by atoms with van der Waals surface area (Å²) in [5.41, 5.74) is 1.53. The lowest BCUT2D eigenvalue weighted by Gasteiger charge is -2.19. The molecule has 0 aliphatic carbocycles. The van der Waals surface area contributed by atoms with Gasteiger partial charge in [0.05, 0.1) is 18.1 Å². The average molecular weight is 353 g/mol. The Morgan fingerprint density at radius 1 is 1.31 bits per heavy atom.